The van der Waals surface area contributed by atoms with Gasteiger partial charge >= 0.3 is 5.97 Å². The van der Waals surface area contributed by atoms with E-state index in [0.29, 0.717) is 34.3 Å². The van der Waals surface area contributed by atoms with E-state index in [2.05, 4.69) is 11.1 Å². The topological polar surface area (TPSA) is 76.1 Å². The summed E-state index contributed by atoms with van der Waals surface area (Å²) < 4.78 is 12.0. The Balaban J connectivity index is 1.64. The molecular weight excluding hydrogens is 384 g/mol. The Bertz CT molecular complexity index is 1230. The molecule has 6 heteroatoms. The highest BCUT2D eigenvalue weighted by atomic mass is 32.1. The number of allylic oxidation sites excluding steroid dienone is 1. The molecule has 0 saturated heterocycles. The first kappa shape index (κ1) is 18.7. The number of hydrogen-bond donors (Lipinski definition) is 0. The lowest BCUT2D eigenvalue weighted by atomic mass is 10.1. The fourth-order valence-corrected chi connectivity index (χ4v) is 3.80. The number of nitrogens with zero attached hydrogens (tertiary/aromatic N) is 2. The monoisotopic (exact) mass is 400 g/mol. The third kappa shape index (κ3) is 3.96. The van der Waals surface area contributed by atoms with Crippen LogP contribution < -0.4 is 0 Å². The number of benzene rings is 2. The molecule has 0 spiro atoms. The number of furan rings is 1. The van der Waals surface area contributed by atoms with Crippen molar-refractivity contribution in [2.75, 3.05) is 6.61 Å². The van der Waals surface area contributed by atoms with Crippen LogP contribution in [0.4, 0.5) is 0 Å². The van der Waals surface area contributed by atoms with E-state index in [4.69, 9.17) is 9.15 Å². The van der Waals surface area contributed by atoms with Gasteiger partial charge in [0.25, 0.3) is 0 Å². The number of fused-ring (bicyclic) bond motifs is 1. The minimum Gasteiger partial charge on any atom is -0.462 e. The molecule has 0 aliphatic rings. The van der Waals surface area contributed by atoms with Gasteiger partial charge in [0.2, 0.25) is 0 Å². The molecule has 0 saturated carbocycles. The van der Waals surface area contributed by atoms with Crippen LogP contribution in [0.1, 0.15) is 28.0 Å². The van der Waals surface area contributed by atoms with E-state index in [1.165, 1.54) is 11.3 Å². The normalized spacial score (nSPS) is 11.4. The summed E-state index contributed by atoms with van der Waals surface area (Å²) in [6.45, 7) is 2.09. The van der Waals surface area contributed by atoms with Crippen LogP contribution >= 0.6 is 11.3 Å². The van der Waals surface area contributed by atoms with Crippen LogP contribution in [-0.4, -0.2) is 17.6 Å². The van der Waals surface area contributed by atoms with Crippen LogP contribution in [0.3, 0.4) is 0 Å². The van der Waals surface area contributed by atoms with Gasteiger partial charge < -0.3 is 9.15 Å². The first-order chi connectivity index (χ1) is 14.2. The minimum atomic E-state index is -0.372. The minimum absolute atomic E-state index is 0.321. The molecular formula is C23H16N2O3S. The molecule has 5 nitrogen and oxygen atoms in total. The van der Waals surface area contributed by atoms with Crippen molar-refractivity contribution in [2.45, 2.75) is 6.92 Å². The maximum atomic E-state index is 11.9. The number of esters is 1. The fraction of sp³-hybridized carbons (Fsp3) is 0.0870. The van der Waals surface area contributed by atoms with E-state index in [1.807, 2.05) is 36.4 Å². The Hall–Kier alpha value is -3.69. The Morgan fingerprint density at radius 3 is 2.86 bits per heavy atom. The van der Waals surface area contributed by atoms with Crippen LogP contribution in [0.5, 0.6) is 0 Å². The van der Waals surface area contributed by atoms with Gasteiger partial charge in [-0.1, -0.05) is 24.3 Å². The number of nitriles is 1. The van der Waals surface area contributed by atoms with Crippen LogP contribution in [0, 0.1) is 11.3 Å². The second-order valence-corrected chi connectivity index (χ2v) is 7.19. The van der Waals surface area contributed by atoms with Crippen LogP contribution in [0.25, 0.3) is 33.2 Å². The van der Waals surface area contributed by atoms with Gasteiger partial charge in [-0.05, 0) is 43.3 Å². The van der Waals surface area contributed by atoms with Crippen molar-refractivity contribution >= 4 is 39.2 Å². The summed E-state index contributed by atoms with van der Waals surface area (Å²) in [5, 5.41) is 10.2. The molecule has 0 aliphatic carbocycles. The second kappa shape index (κ2) is 8.13. The Kier molecular flexibility index (Phi) is 5.23. The molecule has 4 rings (SSSR count). The first-order valence-corrected chi connectivity index (χ1v) is 9.84. The number of thiazole rings is 1. The maximum absolute atomic E-state index is 11.9. The molecule has 0 N–H and O–H groups in total. The summed E-state index contributed by atoms with van der Waals surface area (Å²) in [6.07, 6.45) is 1.68. The van der Waals surface area contributed by atoms with Gasteiger partial charge in [0.1, 0.15) is 22.6 Å². The predicted octanol–water partition coefficient (Wildman–Crippen LogP) is 5.80. The van der Waals surface area contributed by atoms with Crippen molar-refractivity contribution in [3.05, 3.63) is 77.0 Å². The molecule has 29 heavy (non-hydrogen) atoms. The number of carbonyl (C=O) groups is 1. The number of para-hydroxylation sites is 1. The standard InChI is InChI=1S/C23H16N2O3S/c1-2-27-23(26)16-7-5-6-15(12-16)20-11-10-18(28-20)13-17(14-24)22-25-19-8-3-4-9-21(19)29-22/h3-13H,2H2,1H3. The van der Waals surface area contributed by atoms with Crippen molar-refractivity contribution in [2.24, 2.45) is 0 Å². The van der Waals surface area contributed by atoms with Gasteiger partial charge in [0.15, 0.2) is 0 Å². The van der Waals surface area contributed by atoms with E-state index >= 15 is 0 Å². The molecule has 0 unspecified atom stereocenters. The molecule has 0 fully saturated rings. The van der Waals surface area contributed by atoms with Crippen molar-refractivity contribution in [3.63, 3.8) is 0 Å². The smallest absolute Gasteiger partial charge is 0.338 e. The highest BCUT2D eigenvalue weighted by Gasteiger charge is 2.12. The number of ether oxygens (including phenoxy) is 1. The van der Waals surface area contributed by atoms with Gasteiger partial charge in [-0.2, -0.15) is 5.26 Å². The second-order valence-electron chi connectivity index (χ2n) is 6.16. The lowest BCUT2D eigenvalue weighted by Gasteiger charge is -2.03. The molecule has 2 aromatic heterocycles. The molecule has 2 aromatic carbocycles. The van der Waals surface area contributed by atoms with Crippen molar-refractivity contribution in [1.82, 2.24) is 4.98 Å². The first-order valence-electron chi connectivity index (χ1n) is 9.03. The molecule has 0 radical (unpaired) electrons. The average molecular weight is 400 g/mol. The van der Waals surface area contributed by atoms with Crippen LogP contribution in [0.15, 0.2) is 65.1 Å². The summed E-state index contributed by atoms with van der Waals surface area (Å²) in [4.78, 5) is 16.5. The number of carbonyl (C=O) groups excluding carboxylic acids is 1. The number of rotatable bonds is 5. The highest BCUT2D eigenvalue weighted by molar-refractivity contribution is 7.19. The molecule has 4 aromatic rings. The van der Waals surface area contributed by atoms with Crippen LogP contribution in [0.2, 0.25) is 0 Å². The fourth-order valence-electron chi connectivity index (χ4n) is 2.87. The largest absolute Gasteiger partial charge is 0.462 e. The van der Waals surface area contributed by atoms with Gasteiger partial charge in [0, 0.05) is 11.6 Å². The summed E-state index contributed by atoms with van der Waals surface area (Å²) in [5.74, 6) is 0.768. The van der Waals surface area contributed by atoms with Crippen LogP contribution in [-0.2, 0) is 4.74 Å². The third-order valence-electron chi connectivity index (χ3n) is 4.22. The highest BCUT2D eigenvalue weighted by Crippen LogP contribution is 2.30. The van der Waals surface area contributed by atoms with E-state index < -0.39 is 0 Å². The molecule has 0 aliphatic heterocycles. The molecule has 0 amide bonds. The zero-order valence-electron chi connectivity index (χ0n) is 15.6. The Morgan fingerprint density at radius 1 is 1.21 bits per heavy atom. The molecule has 0 bridgehead atoms. The predicted molar refractivity (Wildman–Crippen MR) is 113 cm³/mol. The van der Waals surface area contributed by atoms with E-state index in [1.54, 1.807) is 37.3 Å². The van der Waals surface area contributed by atoms with E-state index in [9.17, 15) is 10.1 Å². The molecule has 2 heterocycles. The Labute approximate surface area is 171 Å². The third-order valence-corrected chi connectivity index (χ3v) is 5.29. The SMILES string of the molecule is CCOC(=O)c1cccc(-c2ccc(C=C(C#N)c3nc4ccccc4s3)o2)c1. The summed E-state index contributed by atoms with van der Waals surface area (Å²) in [5.41, 5.74) is 2.52. The number of aromatic nitrogens is 1. The van der Waals surface area contributed by atoms with E-state index in [0.717, 1.165) is 15.8 Å². The van der Waals surface area contributed by atoms with Gasteiger partial charge in [-0.25, -0.2) is 9.78 Å². The Morgan fingerprint density at radius 2 is 2.07 bits per heavy atom. The molecule has 142 valence electrons. The zero-order chi connectivity index (χ0) is 20.2. The summed E-state index contributed by atoms with van der Waals surface area (Å²) >= 11 is 1.47. The lowest BCUT2D eigenvalue weighted by molar-refractivity contribution is 0.0526. The van der Waals surface area contributed by atoms with Gasteiger partial charge in [-0.3, -0.25) is 0 Å². The zero-order valence-corrected chi connectivity index (χ0v) is 16.4. The maximum Gasteiger partial charge on any atom is 0.338 e. The van der Waals surface area contributed by atoms with E-state index in [-0.39, 0.29) is 5.97 Å². The van der Waals surface area contributed by atoms with Gasteiger partial charge in [-0.15, -0.1) is 11.3 Å². The lowest BCUT2D eigenvalue weighted by Crippen LogP contribution is -2.04. The van der Waals surface area contributed by atoms with Crippen molar-refractivity contribution in [1.29, 1.82) is 5.26 Å². The van der Waals surface area contributed by atoms with Gasteiger partial charge in [0.05, 0.1) is 28.0 Å². The summed E-state index contributed by atoms with van der Waals surface area (Å²) in [6, 6.07) is 20.6. The number of hydrogen-bond acceptors (Lipinski definition) is 6. The summed E-state index contributed by atoms with van der Waals surface area (Å²) in [7, 11) is 0. The van der Waals surface area contributed by atoms with Crippen molar-refractivity contribution in [3.8, 4) is 17.4 Å². The average Bonchev–Trinajstić information content (AvgIpc) is 3.39. The quantitative estimate of drug-likeness (QED) is 0.313. The van der Waals surface area contributed by atoms with Crippen molar-refractivity contribution < 1.29 is 13.9 Å². The molecule has 0 atom stereocenters.